The van der Waals surface area contributed by atoms with Gasteiger partial charge in [0.15, 0.2) is 0 Å². The number of hydrogen-bond donors (Lipinski definition) is 3. The number of hydrogen-bond acceptors (Lipinski definition) is 3. The third-order valence-corrected chi connectivity index (χ3v) is 3.04. The number of carboxylic acids is 1. The van der Waals surface area contributed by atoms with Gasteiger partial charge in [-0.3, -0.25) is 0 Å². The third kappa shape index (κ3) is 3.51. The number of para-hydroxylation sites is 1. The Labute approximate surface area is 117 Å². The first-order valence-electron chi connectivity index (χ1n) is 6.43. The lowest BCUT2D eigenvalue weighted by molar-refractivity contribution is 0.0698. The van der Waals surface area contributed by atoms with E-state index in [2.05, 4.69) is 5.32 Å². The van der Waals surface area contributed by atoms with E-state index < -0.39 is 5.97 Å². The fourth-order valence-corrected chi connectivity index (χ4v) is 2.10. The summed E-state index contributed by atoms with van der Waals surface area (Å²) in [6, 6.07) is 13.9. The molecule has 3 N–H and O–H groups in total. The van der Waals surface area contributed by atoms with Crippen molar-refractivity contribution >= 4 is 11.7 Å². The second kappa shape index (κ2) is 6.10. The van der Waals surface area contributed by atoms with Gasteiger partial charge in [-0.25, -0.2) is 4.79 Å². The summed E-state index contributed by atoms with van der Waals surface area (Å²) in [5, 5.41) is 21.6. The summed E-state index contributed by atoms with van der Waals surface area (Å²) in [7, 11) is 0. The Morgan fingerprint density at radius 3 is 2.45 bits per heavy atom. The molecule has 0 bridgehead atoms. The number of phenols is 1. The number of rotatable bonds is 5. The van der Waals surface area contributed by atoms with Gasteiger partial charge in [0, 0.05) is 11.7 Å². The lowest BCUT2D eigenvalue weighted by Gasteiger charge is -2.17. The van der Waals surface area contributed by atoms with Crippen LogP contribution in [0.3, 0.4) is 0 Å². The Morgan fingerprint density at radius 2 is 1.80 bits per heavy atom. The topological polar surface area (TPSA) is 69.6 Å². The molecule has 4 heteroatoms. The molecule has 0 radical (unpaired) electrons. The van der Waals surface area contributed by atoms with Crippen LogP contribution in [-0.2, 0) is 6.42 Å². The zero-order valence-corrected chi connectivity index (χ0v) is 11.2. The van der Waals surface area contributed by atoms with Gasteiger partial charge in [0.25, 0.3) is 0 Å². The highest BCUT2D eigenvalue weighted by atomic mass is 16.4. The molecule has 0 heterocycles. The van der Waals surface area contributed by atoms with E-state index in [1.54, 1.807) is 30.3 Å². The molecule has 0 fully saturated rings. The standard InChI is InChI=1S/C16H17NO3/c1-11(10-12-6-8-13(18)9-7-12)17-15-5-3-2-4-14(15)16(19)20/h2-9,11,17-18H,10H2,1H3,(H,19,20). The molecule has 0 aliphatic heterocycles. The summed E-state index contributed by atoms with van der Waals surface area (Å²) < 4.78 is 0. The number of carboxylic acid groups (broad SMARTS) is 1. The molecule has 0 aromatic heterocycles. The molecule has 0 aliphatic rings. The quantitative estimate of drug-likeness (QED) is 0.781. The van der Waals surface area contributed by atoms with Gasteiger partial charge in [-0.2, -0.15) is 0 Å². The third-order valence-electron chi connectivity index (χ3n) is 3.04. The molecule has 2 aromatic carbocycles. The van der Waals surface area contributed by atoms with Crippen LogP contribution >= 0.6 is 0 Å². The fraction of sp³-hybridized carbons (Fsp3) is 0.188. The Morgan fingerprint density at radius 1 is 1.15 bits per heavy atom. The summed E-state index contributed by atoms with van der Waals surface area (Å²) >= 11 is 0. The molecule has 0 saturated carbocycles. The van der Waals surface area contributed by atoms with Crippen LogP contribution < -0.4 is 5.32 Å². The second-order valence-corrected chi connectivity index (χ2v) is 4.77. The van der Waals surface area contributed by atoms with Crippen molar-refractivity contribution < 1.29 is 15.0 Å². The first kappa shape index (κ1) is 13.9. The van der Waals surface area contributed by atoms with Gasteiger partial charge in [-0.15, -0.1) is 0 Å². The summed E-state index contributed by atoms with van der Waals surface area (Å²) in [5.41, 5.74) is 1.96. The number of phenolic OH excluding ortho intramolecular Hbond substituents is 1. The lowest BCUT2D eigenvalue weighted by atomic mass is 10.1. The zero-order chi connectivity index (χ0) is 14.5. The van der Waals surface area contributed by atoms with Crippen LogP contribution in [0.2, 0.25) is 0 Å². The average molecular weight is 271 g/mol. The van der Waals surface area contributed by atoms with Crippen LogP contribution in [0.4, 0.5) is 5.69 Å². The van der Waals surface area contributed by atoms with Crippen molar-refractivity contribution in [2.75, 3.05) is 5.32 Å². The molecule has 0 amide bonds. The Balaban J connectivity index is 2.06. The number of benzene rings is 2. The van der Waals surface area contributed by atoms with E-state index in [0.717, 1.165) is 12.0 Å². The predicted molar refractivity (Wildman–Crippen MR) is 78.3 cm³/mol. The summed E-state index contributed by atoms with van der Waals surface area (Å²) in [5.74, 6) is -0.699. The normalized spacial score (nSPS) is 11.8. The second-order valence-electron chi connectivity index (χ2n) is 4.77. The lowest BCUT2D eigenvalue weighted by Crippen LogP contribution is -2.19. The first-order chi connectivity index (χ1) is 9.56. The van der Waals surface area contributed by atoms with Crippen molar-refractivity contribution in [2.45, 2.75) is 19.4 Å². The molecule has 2 aromatic rings. The van der Waals surface area contributed by atoms with Crippen molar-refractivity contribution in [1.82, 2.24) is 0 Å². The SMILES string of the molecule is CC(Cc1ccc(O)cc1)Nc1ccccc1C(=O)O. The maximum atomic E-state index is 11.1. The smallest absolute Gasteiger partial charge is 0.337 e. The fourth-order valence-electron chi connectivity index (χ4n) is 2.10. The molecule has 20 heavy (non-hydrogen) atoms. The maximum Gasteiger partial charge on any atom is 0.337 e. The minimum atomic E-state index is -0.940. The summed E-state index contributed by atoms with van der Waals surface area (Å²) in [4.78, 5) is 11.1. The van der Waals surface area contributed by atoms with E-state index in [1.165, 1.54) is 0 Å². The van der Waals surface area contributed by atoms with Gasteiger partial charge in [-0.05, 0) is 43.2 Å². The van der Waals surface area contributed by atoms with E-state index in [9.17, 15) is 9.90 Å². The number of nitrogens with one attached hydrogen (secondary N) is 1. The number of carbonyl (C=O) groups is 1. The Hall–Kier alpha value is -2.49. The van der Waals surface area contributed by atoms with Crippen LogP contribution in [0, 0.1) is 0 Å². The van der Waals surface area contributed by atoms with Crippen molar-refractivity contribution in [3.63, 3.8) is 0 Å². The van der Waals surface area contributed by atoms with E-state index >= 15 is 0 Å². The van der Waals surface area contributed by atoms with Crippen molar-refractivity contribution in [3.05, 3.63) is 59.7 Å². The van der Waals surface area contributed by atoms with Gasteiger partial charge >= 0.3 is 5.97 Å². The minimum absolute atomic E-state index is 0.0834. The van der Waals surface area contributed by atoms with E-state index in [0.29, 0.717) is 5.69 Å². The maximum absolute atomic E-state index is 11.1. The van der Waals surface area contributed by atoms with E-state index in [1.807, 2.05) is 25.1 Å². The largest absolute Gasteiger partial charge is 0.508 e. The Bertz CT molecular complexity index is 593. The molecular weight excluding hydrogens is 254 g/mol. The minimum Gasteiger partial charge on any atom is -0.508 e. The highest BCUT2D eigenvalue weighted by Gasteiger charge is 2.11. The van der Waals surface area contributed by atoms with Gasteiger partial charge in [0.2, 0.25) is 0 Å². The highest BCUT2D eigenvalue weighted by molar-refractivity contribution is 5.94. The van der Waals surface area contributed by atoms with Crippen LogP contribution in [0.25, 0.3) is 0 Å². The molecule has 104 valence electrons. The van der Waals surface area contributed by atoms with Crippen LogP contribution in [0.1, 0.15) is 22.8 Å². The van der Waals surface area contributed by atoms with Crippen LogP contribution in [0.5, 0.6) is 5.75 Å². The van der Waals surface area contributed by atoms with Gasteiger partial charge in [-0.1, -0.05) is 24.3 Å². The van der Waals surface area contributed by atoms with Crippen LogP contribution in [0.15, 0.2) is 48.5 Å². The van der Waals surface area contributed by atoms with Crippen LogP contribution in [-0.4, -0.2) is 22.2 Å². The van der Waals surface area contributed by atoms with Gasteiger partial charge in [0.1, 0.15) is 5.75 Å². The van der Waals surface area contributed by atoms with Crippen molar-refractivity contribution in [3.8, 4) is 5.75 Å². The monoisotopic (exact) mass is 271 g/mol. The van der Waals surface area contributed by atoms with Gasteiger partial charge < -0.3 is 15.5 Å². The molecule has 2 rings (SSSR count). The first-order valence-corrected chi connectivity index (χ1v) is 6.43. The number of anilines is 1. The molecule has 4 nitrogen and oxygen atoms in total. The van der Waals surface area contributed by atoms with Gasteiger partial charge in [0.05, 0.1) is 5.56 Å². The highest BCUT2D eigenvalue weighted by Crippen LogP contribution is 2.18. The average Bonchev–Trinajstić information content (AvgIpc) is 2.41. The van der Waals surface area contributed by atoms with Crippen molar-refractivity contribution in [1.29, 1.82) is 0 Å². The van der Waals surface area contributed by atoms with Crippen molar-refractivity contribution in [2.24, 2.45) is 0 Å². The molecule has 0 saturated heterocycles. The zero-order valence-electron chi connectivity index (χ0n) is 11.2. The van der Waals surface area contributed by atoms with E-state index in [-0.39, 0.29) is 17.4 Å². The number of aromatic carboxylic acids is 1. The molecule has 1 atom stereocenters. The predicted octanol–water partition coefficient (Wildman–Crippen LogP) is 3.13. The number of aromatic hydroxyl groups is 1. The molecule has 1 unspecified atom stereocenters. The summed E-state index contributed by atoms with van der Waals surface area (Å²) in [6.07, 6.45) is 0.744. The molecular formula is C16H17NO3. The Kier molecular flexibility index (Phi) is 4.25. The summed E-state index contributed by atoms with van der Waals surface area (Å²) in [6.45, 7) is 1.99. The molecule has 0 aliphatic carbocycles. The molecule has 0 spiro atoms. The van der Waals surface area contributed by atoms with E-state index in [4.69, 9.17) is 5.11 Å².